The van der Waals surface area contributed by atoms with Crippen molar-refractivity contribution in [3.05, 3.63) is 30.5 Å². The van der Waals surface area contributed by atoms with Crippen molar-refractivity contribution < 1.29 is 4.79 Å². The van der Waals surface area contributed by atoms with Crippen molar-refractivity contribution in [3.63, 3.8) is 0 Å². The molecule has 0 spiro atoms. The molecule has 0 N–H and O–H groups in total. The van der Waals surface area contributed by atoms with Crippen molar-refractivity contribution in [3.8, 4) is 0 Å². The van der Waals surface area contributed by atoms with Crippen molar-refractivity contribution in [2.24, 2.45) is 5.92 Å². The van der Waals surface area contributed by atoms with Gasteiger partial charge in [0.1, 0.15) is 5.03 Å². The van der Waals surface area contributed by atoms with E-state index in [0.717, 1.165) is 15.8 Å². The fraction of sp³-hybridized carbons (Fsp3) is 0.400. The lowest BCUT2D eigenvalue weighted by Gasteiger charge is -2.22. The van der Waals surface area contributed by atoms with Gasteiger partial charge in [-0.15, -0.1) is 5.10 Å². The standard InChI is InChI=1S/C15H19N3OS/c1-10(2)13(15(19)18(3)4)20-14-12-8-6-5-7-11(12)9-16-17-14/h5-10,13H,1-4H3/t13-/m0/s1. The van der Waals surface area contributed by atoms with E-state index in [1.807, 2.05) is 24.3 Å². The SMILES string of the molecule is CC(C)[C@H](Sc1nncc2ccccc12)C(=O)N(C)C. The van der Waals surface area contributed by atoms with E-state index in [1.54, 1.807) is 25.2 Å². The normalized spacial score (nSPS) is 12.7. The fourth-order valence-electron chi connectivity index (χ4n) is 1.94. The maximum Gasteiger partial charge on any atom is 0.235 e. The molecule has 0 saturated carbocycles. The highest BCUT2D eigenvalue weighted by atomic mass is 32.2. The predicted octanol–water partition coefficient (Wildman–Crippen LogP) is 2.83. The topological polar surface area (TPSA) is 46.1 Å². The molecule has 4 nitrogen and oxygen atoms in total. The number of carbonyl (C=O) groups is 1. The van der Waals surface area contributed by atoms with E-state index < -0.39 is 0 Å². The first-order valence-electron chi connectivity index (χ1n) is 6.59. The average molecular weight is 289 g/mol. The monoisotopic (exact) mass is 289 g/mol. The summed E-state index contributed by atoms with van der Waals surface area (Å²) in [5.74, 6) is 0.343. The number of amides is 1. The molecule has 106 valence electrons. The van der Waals surface area contributed by atoms with Gasteiger partial charge in [0.25, 0.3) is 0 Å². The number of nitrogens with zero attached hydrogens (tertiary/aromatic N) is 3. The maximum absolute atomic E-state index is 12.3. The first-order chi connectivity index (χ1) is 9.50. The lowest BCUT2D eigenvalue weighted by molar-refractivity contribution is -0.128. The van der Waals surface area contributed by atoms with E-state index in [4.69, 9.17) is 0 Å². The summed E-state index contributed by atoms with van der Waals surface area (Å²) >= 11 is 1.50. The van der Waals surface area contributed by atoms with Gasteiger partial charge in [0, 0.05) is 24.9 Å². The second kappa shape index (κ2) is 6.22. The Kier molecular flexibility index (Phi) is 4.60. The summed E-state index contributed by atoms with van der Waals surface area (Å²) in [6.07, 6.45) is 1.75. The molecular formula is C15H19N3OS. The highest BCUT2D eigenvalue weighted by molar-refractivity contribution is 8.00. The summed E-state index contributed by atoms with van der Waals surface area (Å²) in [6.45, 7) is 4.11. The number of fused-ring (bicyclic) bond motifs is 1. The fourth-order valence-corrected chi connectivity index (χ4v) is 3.17. The number of hydrogen-bond acceptors (Lipinski definition) is 4. The van der Waals surface area contributed by atoms with Gasteiger partial charge in [-0.05, 0) is 5.92 Å². The summed E-state index contributed by atoms with van der Waals surface area (Å²) in [5, 5.41) is 11.0. The smallest absolute Gasteiger partial charge is 0.235 e. The highest BCUT2D eigenvalue weighted by Crippen LogP contribution is 2.32. The molecule has 1 aromatic carbocycles. The lowest BCUT2D eigenvalue weighted by atomic mass is 10.1. The number of rotatable bonds is 4. The average Bonchev–Trinajstić information content (AvgIpc) is 2.43. The van der Waals surface area contributed by atoms with Gasteiger partial charge in [-0.25, -0.2) is 0 Å². The van der Waals surface area contributed by atoms with Crippen molar-refractivity contribution >= 4 is 28.4 Å². The molecule has 0 aliphatic heterocycles. The summed E-state index contributed by atoms with van der Waals surface area (Å²) in [6, 6.07) is 7.98. The van der Waals surface area contributed by atoms with Crippen LogP contribution in [0.1, 0.15) is 13.8 Å². The Hall–Kier alpha value is -1.62. The Bertz CT molecular complexity index is 608. The molecule has 1 heterocycles. The third-order valence-electron chi connectivity index (χ3n) is 3.06. The number of thioether (sulfide) groups is 1. The number of hydrogen-bond donors (Lipinski definition) is 0. The van der Waals surface area contributed by atoms with Gasteiger partial charge in [0.15, 0.2) is 0 Å². The van der Waals surface area contributed by atoms with Crippen LogP contribution in [0.2, 0.25) is 0 Å². The first kappa shape index (κ1) is 14.8. The van der Waals surface area contributed by atoms with Gasteiger partial charge in [-0.3, -0.25) is 4.79 Å². The molecule has 1 amide bonds. The van der Waals surface area contributed by atoms with E-state index in [1.165, 1.54) is 11.8 Å². The maximum atomic E-state index is 12.3. The molecule has 1 aromatic heterocycles. The summed E-state index contributed by atoms with van der Waals surface area (Å²) in [7, 11) is 3.57. The third-order valence-corrected chi connectivity index (χ3v) is 4.59. The van der Waals surface area contributed by atoms with Crippen molar-refractivity contribution in [1.82, 2.24) is 15.1 Å². The van der Waals surface area contributed by atoms with Crippen LogP contribution < -0.4 is 0 Å². The molecule has 2 aromatic rings. The molecule has 5 heteroatoms. The molecule has 0 bridgehead atoms. The second-order valence-corrected chi connectivity index (χ2v) is 6.38. The molecule has 20 heavy (non-hydrogen) atoms. The van der Waals surface area contributed by atoms with Crippen molar-refractivity contribution in [2.75, 3.05) is 14.1 Å². The lowest BCUT2D eigenvalue weighted by Crippen LogP contribution is -2.34. The molecular weight excluding hydrogens is 270 g/mol. The summed E-state index contributed by atoms with van der Waals surface area (Å²) in [5.41, 5.74) is 0. The van der Waals surface area contributed by atoms with Gasteiger partial charge in [-0.1, -0.05) is 49.9 Å². The molecule has 0 radical (unpaired) electrons. The van der Waals surface area contributed by atoms with Gasteiger partial charge in [0.2, 0.25) is 5.91 Å². The van der Waals surface area contributed by atoms with E-state index in [0.29, 0.717) is 0 Å². The van der Waals surface area contributed by atoms with Gasteiger partial charge < -0.3 is 4.90 Å². The Balaban J connectivity index is 2.36. The minimum atomic E-state index is -0.148. The minimum Gasteiger partial charge on any atom is -0.348 e. The largest absolute Gasteiger partial charge is 0.348 e. The number of aromatic nitrogens is 2. The van der Waals surface area contributed by atoms with Crippen LogP contribution in [0.5, 0.6) is 0 Å². The van der Waals surface area contributed by atoms with E-state index in [2.05, 4.69) is 24.0 Å². The zero-order valence-corrected chi connectivity index (χ0v) is 13.0. The van der Waals surface area contributed by atoms with Gasteiger partial charge in [-0.2, -0.15) is 5.10 Å². The van der Waals surface area contributed by atoms with Crippen molar-refractivity contribution in [2.45, 2.75) is 24.1 Å². The van der Waals surface area contributed by atoms with Crippen LogP contribution in [0, 0.1) is 5.92 Å². The quantitative estimate of drug-likeness (QED) is 0.812. The highest BCUT2D eigenvalue weighted by Gasteiger charge is 2.26. The second-order valence-electron chi connectivity index (χ2n) is 5.25. The Morgan fingerprint density at radius 1 is 1.25 bits per heavy atom. The van der Waals surface area contributed by atoms with Crippen LogP contribution in [-0.2, 0) is 4.79 Å². The van der Waals surface area contributed by atoms with Crippen LogP contribution in [0.15, 0.2) is 35.5 Å². The van der Waals surface area contributed by atoms with E-state index in [-0.39, 0.29) is 17.1 Å². The Morgan fingerprint density at radius 2 is 1.95 bits per heavy atom. The summed E-state index contributed by atoms with van der Waals surface area (Å²) < 4.78 is 0. The third kappa shape index (κ3) is 3.10. The Morgan fingerprint density at radius 3 is 2.60 bits per heavy atom. The number of benzene rings is 1. The molecule has 0 fully saturated rings. The van der Waals surface area contributed by atoms with Crippen LogP contribution in [0.4, 0.5) is 0 Å². The van der Waals surface area contributed by atoms with Crippen LogP contribution in [-0.4, -0.2) is 40.3 Å². The van der Waals surface area contributed by atoms with Crippen LogP contribution >= 0.6 is 11.8 Å². The predicted molar refractivity (Wildman–Crippen MR) is 82.7 cm³/mol. The molecule has 0 aliphatic rings. The zero-order chi connectivity index (χ0) is 14.7. The van der Waals surface area contributed by atoms with E-state index in [9.17, 15) is 4.79 Å². The van der Waals surface area contributed by atoms with Crippen molar-refractivity contribution in [1.29, 1.82) is 0 Å². The molecule has 0 unspecified atom stereocenters. The molecule has 0 saturated heterocycles. The molecule has 0 aliphatic carbocycles. The molecule has 2 rings (SSSR count). The Labute approximate surface area is 123 Å². The van der Waals surface area contributed by atoms with Gasteiger partial charge >= 0.3 is 0 Å². The number of carbonyl (C=O) groups excluding carboxylic acids is 1. The minimum absolute atomic E-state index is 0.111. The molecule has 1 atom stereocenters. The van der Waals surface area contributed by atoms with Gasteiger partial charge in [0.05, 0.1) is 11.4 Å². The van der Waals surface area contributed by atoms with E-state index >= 15 is 0 Å². The zero-order valence-electron chi connectivity index (χ0n) is 12.2. The first-order valence-corrected chi connectivity index (χ1v) is 7.47. The van der Waals surface area contributed by atoms with Crippen LogP contribution in [0.25, 0.3) is 10.8 Å². The summed E-state index contributed by atoms with van der Waals surface area (Å²) in [4.78, 5) is 13.9. The van der Waals surface area contributed by atoms with Crippen LogP contribution in [0.3, 0.4) is 0 Å².